The predicted molar refractivity (Wildman–Crippen MR) is 97.6 cm³/mol. The lowest BCUT2D eigenvalue weighted by molar-refractivity contribution is -0.139. The summed E-state index contributed by atoms with van der Waals surface area (Å²) in [5.74, 6) is 0.847. The van der Waals surface area contributed by atoms with Crippen LogP contribution in [0.15, 0.2) is 18.2 Å². The molecule has 1 amide bonds. The Labute approximate surface area is 145 Å². The minimum absolute atomic E-state index is 0.0260. The standard InChI is InChI=1S/C20H31NO3/c1-5-16(3)24-18-11-10-17(14-15(18)2)21-19(22)20(23-4)12-8-6-7-9-13-20/h10-11,14,16H,5-9,12-13H2,1-4H3,(H,21,22). The minimum Gasteiger partial charge on any atom is -0.490 e. The summed E-state index contributed by atoms with van der Waals surface area (Å²) in [5, 5.41) is 3.05. The number of hydrogen-bond acceptors (Lipinski definition) is 3. The summed E-state index contributed by atoms with van der Waals surface area (Å²) in [5.41, 5.74) is 1.14. The van der Waals surface area contributed by atoms with Crippen LogP contribution in [0.4, 0.5) is 5.69 Å². The average Bonchev–Trinajstić information content (AvgIpc) is 2.83. The molecule has 1 atom stereocenters. The lowest BCUT2D eigenvalue weighted by atomic mass is 9.93. The fraction of sp³-hybridized carbons (Fsp3) is 0.650. The molecule has 0 aromatic heterocycles. The highest BCUT2D eigenvalue weighted by atomic mass is 16.5. The highest BCUT2D eigenvalue weighted by Gasteiger charge is 2.38. The van der Waals surface area contributed by atoms with E-state index in [1.54, 1.807) is 7.11 Å². The summed E-state index contributed by atoms with van der Waals surface area (Å²) >= 11 is 0. The van der Waals surface area contributed by atoms with E-state index in [-0.39, 0.29) is 12.0 Å². The predicted octanol–water partition coefficient (Wildman–Crippen LogP) is 4.85. The van der Waals surface area contributed by atoms with Crippen molar-refractivity contribution in [2.24, 2.45) is 0 Å². The third kappa shape index (κ3) is 4.50. The van der Waals surface area contributed by atoms with E-state index < -0.39 is 5.60 Å². The number of benzene rings is 1. The van der Waals surface area contributed by atoms with Gasteiger partial charge in [-0.3, -0.25) is 4.79 Å². The number of carbonyl (C=O) groups is 1. The van der Waals surface area contributed by atoms with Crippen molar-refractivity contribution in [1.29, 1.82) is 0 Å². The Morgan fingerprint density at radius 3 is 2.46 bits per heavy atom. The molecule has 4 nitrogen and oxygen atoms in total. The highest BCUT2D eigenvalue weighted by Crippen LogP contribution is 2.32. The number of methoxy groups -OCH3 is 1. The number of aryl methyl sites for hydroxylation is 1. The van der Waals surface area contributed by atoms with Crippen molar-refractivity contribution in [3.8, 4) is 5.75 Å². The van der Waals surface area contributed by atoms with Gasteiger partial charge in [0, 0.05) is 12.8 Å². The van der Waals surface area contributed by atoms with Crippen molar-refractivity contribution in [2.75, 3.05) is 12.4 Å². The molecule has 0 radical (unpaired) electrons. The van der Waals surface area contributed by atoms with Crippen molar-refractivity contribution in [3.63, 3.8) is 0 Å². The van der Waals surface area contributed by atoms with Crippen LogP contribution in [0, 0.1) is 6.92 Å². The summed E-state index contributed by atoms with van der Waals surface area (Å²) in [4.78, 5) is 12.8. The molecule has 0 bridgehead atoms. The molecule has 0 aliphatic heterocycles. The summed E-state index contributed by atoms with van der Waals surface area (Å²) in [6, 6.07) is 5.81. The molecule has 134 valence electrons. The van der Waals surface area contributed by atoms with Gasteiger partial charge in [0.05, 0.1) is 6.10 Å². The van der Waals surface area contributed by atoms with Crippen LogP contribution in [0.25, 0.3) is 0 Å². The van der Waals surface area contributed by atoms with Crippen LogP contribution in [0.2, 0.25) is 0 Å². The number of carbonyl (C=O) groups excluding carboxylic acids is 1. The number of anilines is 1. The lowest BCUT2D eigenvalue weighted by Crippen LogP contribution is -2.44. The summed E-state index contributed by atoms with van der Waals surface area (Å²) in [6.45, 7) is 6.17. The quantitative estimate of drug-likeness (QED) is 0.757. The number of rotatable bonds is 6. The number of ether oxygens (including phenoxy) is 2. The topological polar surface area (TPSA) is 47.6 Å². The summed E-state index contributed by atoms with van der Waals surface area (Å²) < 4.78 is 11.6. The molecule has 1 aliphatic rings. The molecule has 0 heterocycles. The number of amides is 1. The van der Waals surface area contributed by atoms with Gasteiger partial charge >= 0.3 is 0 Å². The number of nitrogens with one attached hydrogen (secondary N) is 1. The van der Waals surface area contributed by atoms with E-state index in [1.165, 1.54) is 12.8 Å². The Hall–Kier alpha value is -1.55. The molecular weight excluding hydrogens is 302 g/mol. The van der Waals surface area contributed by atoms with Crippen molar-refractivity contribution in [1.82, 2.24) is 0 Å². The second-order valence-electron chi connectivity index (χ2n) is 6.88. The Morgan fingerprint density at radius 1 is 1.25 bits per heavy atom. The maximum atomic E-state index is 12.8. The Morgan fingerprint density at radius 2 is 1.92 bits per heavy atom. The van der Waals surface area contributed by atoms with Gasteiger partial charge in [-0.05, 0) is 56.9 Å². The molecule has 0 spiro atoms. The minimum atomic E-state index is -0.684. The van der Waals surface area contributed by atoms with Crippen LogP contribution in [0.5, 0.6) is 5.75 Å². The highest BCUT2D eigenvalue weighted by molar-refractivity contribution is 5.97. The van der Waals surface area contributed by atoms with E-state index in [4.69, 9.17) is 9.47 Å². The Kier molecular flexibility index (Phi) is 6.67. The fourth-order valence-electron chi connectivity index (χ4n) is 3.23. The third-order valence-electron chi connectivity index (χ3n) is 5.05. The van der Waals surface area contributed by atoms with Crippen LogP contribution in [0.3, 0.4) is 0 Å². The maximum Gasteiger partial charge on any atom is 0.256 e. The van der Waals surface area contributed by atoms with Gasteiger partial charge in [0.2, 0.25) is 0 Å². The van der Waals surface area contributed by atoms with Gasteiger partial charge in [0.25, 0.3) is 5.91 Å². The first kappa shape index (κ1) is 18.8. The van der Waals surface area contributed by atoms with E-state index in [1.807, 2.05) is 25.1 Å². The lowest BCUT2D eigenvalue weighted by Gasteiger charge is -2.30. The summed E-state index contributed by atoms with van der Waals surface area (Å²) in [6.07, 6.45) is 7.19. The van der Waals surface area contributed by atoms with Gasteiger partial charge < -0.3 is 14.8 Å². The monoisotopic (exact) mass is 333 g/mol. The van der Waals surface area contributed by atoms with E-state index >= 15 is 0 Å². The van der Waals surface area contributed by atoms with Crippen LogP contribution < -0.4 is 10.1 Å². The second kappa shape index (κ2) is 8.52. The molecule has 4 heteroatoms. The van der Waals surface area contributed by atoms with Gasteiger partial charge in [0.1, 0.15) is 11.4 Å². The smallest absolute Gasteiger partial charge is 0.256 e. The molecule has 1 saturated carbocycles. The first-order valence-corrected chi connectivity index (χ1v) is 9.14. The van der Waals surface area contributed by atoms with Gasteiger partial charge in [0.15, 0.2) is 0 Å². The Bertz CT molecular complexity index is 548. The fourth-order valence-corrected chi connectivity index (χ4v) is 3.23. The third-order valence-corrected chi connectivity index (χ3v) is 5.05. The van der Waals surface area contributed by atoms with Crippen molar-refractivity contribution in [3.05, 3.63) is 23.8 Å². The SMILES string of the molecule is CCC(C)Oc1ccc(NC(=O)C2(OC)CCCCCC2)cc1C. The van der Waals surface area contributed by atoms with Crippen LogP contribution in [-0.4, -0.2) is 24.7 Å². The first-order valence-electron chi connectivity index (χ1n) is 9.14. The molecule has 24 heavy (non-hydrogen) atoms. The van der Waals surface area contributed by atoms with Crippen LogP contribution in [0.1, 0.15) is 64.4 Å². The van der Waals surface area contributed by atoms with Gasteiger partial charge in [-0.1, -0.05) is 32.6 Å². The molecule has 2 rings (SSSR count). The zero-order valence-corrected chi connectivity index (χ0v) is 15.5. The molecule has 1 unspecified atom stereocenters. The van der Waals surface area contributed by atoms with Gasteiger partial charge in [-0.25, -0.2) is 0 Å². The second-order valence-corrected chi connectivity index (χ2v) is 6.88. The Balaban J connectivity index is 2.09. The van der Waals surface area contributed by atoms with E-state index in [9.17, 15) is 4.79 Å². The maximum absolute atomic E-state index is 12.8. The van der Waals surface area contributed by atoms with Gasteiger partial charge in [-0.15, -0.1) is 0 Å². The first-order chi connectivity index (χ1) is 11.5. The zero-order chi connectivity index (χ0) is 17.6. The van der Waals surface area contributed by atoms with E-state index in [0.29, 0.717) is 0 Å². The van der Waals surface area contributed by atoms with Gasteiger partial charge in [-0.2, -0.15) is 0 Å². The van der Waals surface area contributed by atoms with Crippen LogP contribution in [-0.2, 0) is 9.53 Å². The molecule has 1 aliphatic carbocycles. The van der Waals surface area contributed by atoms with Crippen LogP contribution >= 0.6 is 0 Å². The molecule has 1 N–H and O–H groups in total. The molecular formula is C20H31NO3. The van der Waals surface area contributed by atoms with Crippen molar-refractivity contribution in [2.45, 2.75) is 77.4 Å². The van der Waals surface area contributed by atoms with Crippen molar-refractivity contribution < 1.29 is 14.3 Å². The molecule has 1 aromatic carbocycles. The normalized spacial score (nSPS) is 18.5. The van der Waals surface area contributed by atoms with E-state index in [2.05, 4.69) is 19.2 Å². The number of hydrogen-bond donors (Lipinski definition) is 1. The molecule has 0 saturated heterocycles. The molecule has 1 aromatic rings. The largest absolute Gasteiger partial charge is 0.490 e. The summed E-state index contributed by atoms with van der Waals surface area (Å²) in [7, 11) is 1.65. The molecule has 1 fully saturated rings. The zero-order valence-electron chi connectivity index (χ0n) is 15.5. The van der Waals surface area contributed by atoms with Crippen molar-refractivity contribution >= 4 is 11.6 Å². The van der Waals surface area contributed by atoms with E-state index in [0.717, 1.165) is 49.1 Å². The average molecular weight is 333 g/mol.